The second-order valence-corrected chi connectivity index (χ2v) is 5.65. The van der Waals surface area contributed by atoms with E-state index in [9.17, 15) is 0 Å². The quantitative estimate of drug-likeness (QED) is 0.794. The Balaban J connectivity index is 2.30. The highest BCUT2D eigenvalue weighted by Gasteiger charge is 2.19. The van der Waals surface area contributed by atoms with E-state index < -0.39 is 0 Å². The van der Waals surface area contributed by atoms with Gasteiger partial charge < -0.3 is 10.1 Å². The summed E-state index contributed by atoms with van der Waals surface area (Å²) in [4.78, 5) is 4.66. The van der Waals surface area contributed by atoms with Crippen LogP contribution >= 0.6 is 11.3 Å². The Bertz CT molecular complexity index is 539. The summed E-state index contributed by atoms with van der Waals surface area (Å²) in [6.45, 7) is 5.75. The second kappa shape index (κ2) is 7.53. The highest BCUT2D eigenvalue weighted by Crippen LogP contribution is 2.27. The van der Waals surface area contributed by atoms with Crippen LogP contribution in [0.4, 0.5) is 0 Å². The van der Waals surface area contributed by atoms with Gasteiger partial charge >= 0.3 is 0 Å². The van der Waals surface area contributed by atoms with Gasteiger partial charge in [-0.15, -0.1) is 11.3 Å². The molecule has 1 unspecified atom stereocenters. The second-order valence-electron chi connectivity index (χ2n) is 4.76. The van der Waals surface area contributed by atoms with Crippen LogP contribution in [0.1, 0.15) is 34.8 Å². The van der Waals surface area contributed by atoms with Gasteiger partial charge in [0, 0.05) is 24.7 Å². The number of aryl methyl sites for hydroxylation is 2. The summed E-state index contributed by atoms with van der Waals surface area (Å²) in [5.74, 6) is 0. The molecule has 4 heteroatoms. The lowest BCUT2D eigenvalue weighted by Crippen LogP contribution is -2.26. The van der Waals surface area contributed by atoms with Gasteiger partial charge in [0.1, 0.15) is 5.01 Å². The molecule has 2 aromatic rings. The molecule has 0 bridgehead atoms. The predicted octanol–water partition coefficient (Wildman–Crippen LogP) is 3.34. The molecule has 2 rings (SSSR count). The number of aromatic nitrogens is 1. The minimum Gasteiger partial charge on any atom is -0.383 e. The summed E-state index contributed by atoms with van der Waals surface area (Å²) in [7, 11) is 1.73. The van der Waals surface area contributed by atoms with Crippen LogP contribution in [0.25, 0.3) is 0 Å². The molecule has 0 amide bonds. The summed E-state index contributed by atoms with van der Waals surface area (Å²) in [6, 6.07) is 8.74. The monoisotopic (exact) mass is 290 g/mol. The lowest BCUT2D eigenvalue weighted by Gasteiger charge is -2.19. The molecule has 3 nitrogen and oxygen atoms in total. The van der Waals surface area contributed by atoms with E-state index in [0.717, 1.165) is 23.7 Å². The Kier molecular flexibility index (Phi) is 5.71. The molecule has 20 heavy (non-hydrogen) atoms. The molecule has 0 aliphatic heterocycles. The third-order valence-corrected chi connectivity index (χ3v) is 4.31. The van der Waals surface area contributed by atoms with Crippen molar-refractivity contribution in [2.24, 2.45) is 0 Å². The molecule has 0 radical (unpaired) electrons. The van der Waals surface area contributed by atoms with Crippen molar-refractivity contribution in [2.45, 2.75) is 26.3 Å². The number of nitrogens with zero attached hydrogens (tertiary/aromatic N) is 1. The molecule has 1 atom stereocenters. The molecule has 0 saturated heterocycles. The van der Waals surface area contributed by atoms with Gasteiger partial charge in [-0.3, -0.25) is 0 Å². The molecule has 1 N–H and O–H groups in total. The number of rotatable bonds is 7. The zero-order valence-corrected chi connectivity index (χ0v) is 13.2. The van der Waals surface area contributed by atoms with E-state index in [-0.39, 0.29) is 6.04 Å². The summed E-state index contributed by atoms with van der Waals surface area (Å²) < 4.78 is 5.15. The SMILES string of the molecule is CCc1ccccc1C(NCCOC)c1nc(C)cs1. The molecule has 0 aliphatic rings. The number of methoxy groups -OCH3 is 1. The first-order valence-corrected chi connectivity index (χ1v) is 7.86. The molecule has 1 aromatic carbocycles. The van der Waals surface area contributed by atoms with Gasteiger partial charge in [-0.05, 0) is 24.5 Å². The van der Waals surface area contributed by atoms with Gasteiger partial charge in [-0.1, -0.05) is 31.2 Å². The maximum Gasteiger partial charge on any atom is 0.114 e. The van der Waals surface area contributed by atoms with Gasteiger partial charge in [0.2, 0.25) is 0 Å². The highest BCUT2D eigenvalue weighted by atomic mass is 32.1. The number of ether oxygens (including phenoxy) is 1. The third kappa shape index (κ3) is 3.66. The van der Waals surface area contributed by atoms with Crippen LogP contribution in [0.5, 0.6) is 0 Å². The van der Waals surface area contributed by atoms with Crippen LogP contribution in [0.2, 0.25) is 0 Å². The van der Waals surface area contributed by atoms with Crippen molar-refractivity contribution in [1.82, 2.24) is 10.3 Å². The predicted molar refractivity (Wildman–Crippen MR) is 84.4 cm³/mol. The molecule has 108 valence electrons. The van der Waals surface area contributed by atoms with Crippen LogP contribution in [-0.4, -0.2) is 25.2 Å². The van der Waals surface area contributed by atoms with E-state index in [1.165, 1.54) is 11.1 Å². The van der Waals surface area contributed by atoms with E-state index in [1.54, 1.807) is 18.4 Å². The minimum absolute atomic E-state index is 0.153. The van der Waals surface area contributed by atoms with E-state index in [2.05, 4.69) is 46.9 Å². The molecule has 1 aromatic heterocycles. The Hall–Kier alpha value is -1.23. The molecular formula is C16H22N2OS. The fourth-order valence-electron chi connectivity index (χ4n) is 2.28. The largest absolute Gasteiger partial charge is 0.383 e. The van der Waals surface area contributed by atoms with E-state index in [4.69, 9.17) is 4.74 Å². The van der Waals surface area contributed by atoms with Crippen molar-refractivity contribution in [2.75, 3.05) is 20.3 Å². The van der Waals surface area contributed by atoms with Crippen molar-refractivity contribution in [3.05, 3.63) is 51.5 Å². The van der Waals surface area contributed by atoms with Crippen molar-refractivity contribution in [3.63, 3.8) is 0 Å². The Morgan fingerprint density at radius 1 is 1.35 bits per heavy atom. The summed E-state index contributed by atoms with van der Waals surface area (Å²) >= 11 is 1.72. The van der Waals surface area contributed by atoms with Crippen LogP contribution in [0, 0.1) is 6.92 Å². The molecule has 0 spiro atoms. The zero-order valence-electron chi connectivity index (χ0n) is 12.3. The fourth-order valence-corrected chi connectivity index (χ4v) is 3.17. The molecule has 0 aliphatic carbocycles. The van der Waals surface area contributed by atoms with Gasteiger partial charge in [0.05, 0.1) is 12.6 Å². The molecule has 1 heterocycles. The van der Waals surface area contributed by atoms with Crippen LogP contribution < -0.4 is 5.32 Å². The normalized spacial score (nSPS) is 12.6. The van der Waals surface area contributed by atoms with Crippen LogP contribution in [0.15, 0.2) is 29.6 Å². The van der Waals surface area contributed by atoms with Crippen molar-refractivity contribution >= 4 is 11.3 Å². The highest BCUT2D eigenvalue weighted by molar-refractivity contribution is 7.09. The molecule has 0 saturated carbocycles. The first-order valence-electron chi connectivity index (χ1n) is 6.98. The molecule has 0 fully saturated rings. The average Bonchev–Trinajstić information content (AvgIpc) is 2.90. The zero-order chi connectivity index (χ0) is 14.4. The summed E-state index contributed by atoms with van der Waals surface area (Å²) in [5, 5.41) is 6.79. The van der Waals surface area contributed by atoms with Gasteiger partial charge in [0.15, 0.2) is 0 Å². The summed E-state index contributed by atoms with van der Waals surface area (Å²) in [6.07, 6.45) is 1.03. The first kappa shape index (κ1) is 15.2. The van der Waals surface area contributed by atoms with E-state index in [1.807, 2.05) is 6.92 Å². The summed E-state index contributed by atoms with van der Waals surface area (Å²) in [5.41, 5.74) is 3.77. The van der Waals surface area contributed by atoms with E-state index >= 15 is 0 Å². The topological polar surface area (TPSA) is 34.1 Å². The first-order chi connectivity index (χ1) is 9.76. The van der Waals surface area contributed by atoms with Crippen molar-refractivity contribution < 1.29 is 4.74 Å². The number of benzene rings is 1. The Labute approximate surface area is 125 Å². The van der Waals surface area contributed by atoms with Gasteiger partial charge in [-0.25, -0.2) is 4.98 Å². The van der Waals surface area contributed by atoms with Gasteiger partial charge in [0.25, 0.3) is 0 Å². The van der Waals surface area contributed by atoms with Crippen molar-refractivity contribution in [3.8, 4) is 0 Å². The van der Waals surface area contributed by atoms with Crippen LogP contribution in [-0.2, 0) is 11.2 Å². The Morgan fingerprint density at radius 2 is 2.15 bits per heavy atom. The van der Waals surface area contributed by atoms with Crippen LogP contribution in [0.3, 0.4) is 0 Å². The smallest absolute Gasteiger partial charge is 0.114 e. The van der Waals surface area contributed by atoms with E-state index in [0.29, 0.717) is 6.61 Å². The maximum atomic E-state index is 5.15. The minimum atomic E-state index is 0.153. The number of thiazole rings is 1. The Morgan fingerprint density at radius 3 is 2.80 bits per heavy atom. The molecular weight excluding hydrogens is 268 g/mol. The maximum absolute atomic E-state index is 5.15. The fraction of sp³-hybridized carbons (Fsp3) is 0.438. The number of hydrogen-bond acceptors (Lipinski definition) is 4. The number of nitrogens with one attached hydrogen (secondary N) is 1. The standard InChI is InChI=1S/C16H22N2OS/c1-4-13-7-5-6-8-14(13)15(17-9-10-19-3)16-18-12(2)11-20-16/h5-8,11,15,17H,4,9-10H2,1-3H3. The van der Waals surface area contributed by atoms with Gasteiger partial charge in [-0.2, -0.15) is 0 Å². The van der Waals surface area contributed by atoms with Crippen molar-refractivity contribution in [1.29, 1.82) is 0 Å². The third-order valence-electron chi connectivity index (χ3n) is 3.29. The lowest BCUT2D eigenvalue weighted by molar-refractivity contribution is 0.197. The lowest BCUT2D eigenvalue weighted by atomic mass is 9.99. The number of hydrogen-bond donors (Lipinski definition) is 1. The average molecular weight is 290 g/mol.